The van der Waals surface area contributed by atoms with E-state index in [1.165, 1.54) is 7.11 Å². The number of nitrogens with zero attached hydrogens (tertiary/aromatic N) is 1. The van der Waals surface area contributed by atoms with Crippen LogP contribution in [0.4, 0.5) is 0 Å². The van der Waals surface area contributed by atoms with E-state index in [0.717, 1.165) is 23.3 Å². The molecule has 8 nitrogen and oxygen atoms in total. The first-order chi connectivity index (χ1) is 15.0. The first kappa shape index (κ1) is 23.1. The number of hydrogen-bond donors (Lipinski definition) is 3. The monoisotopic (exact) mass is 446 g/mol. The summed E-state index contributed by atoms with van der Waals surface area (Å²) in [5.41, 5.74) is 1.91. The van der Waals surface area contributed by atoms with Crippen LogP contribution in [-0.2, 0) is 21.3 Å². The van der Waals surface area contributed by atoms with Crippen molar-refractivity contribution in [1.29, 1.82) is 0 Å². The molecule has 1 heterocycles. The molecule has 1 atom stereocenters. The Labute approximate surface area is 184 Å². The molecule has 0 amide bonds. The maximum Gasteiger partial charge on any atom is 0.240 e. The van der Waals surface area contributed by atoms with Crippen LogP contribution >= 0.6 is 0 Å². The molecule has 3 rings (SSSR count). The highest BCUT2D eigenvalue weighted by atomic mass is 32.2. The molecule has 3 N–H and O–H groups in total. The van der Waals surface area contributed by atoms with Crippen LogP contribution in [0.1, 0.15) is 30.5 Å². The lowest BCUT2D eigenvalue weighted by Crippen LogP contribution is -2.41. The molecule has 1 aliphatic rings. The zero-order chi connectivity index (χ0) is 22.1. The Kier molecular flexibility index (Phi) is 8.27. The van der Waals surface area contributed by atoms with Gasteiger partial charge in [-0.15, -0.1) is 0 Å². The minimum absolute atomic E-state index is 0.0967. The lowest BCUT2D eigenvalue weighted by molar-refractivity contribution is 0.204. The van der Waals surface area contributed by atoms with E-state index < -0.39 is 10.0 Å². The second-order valence-electron chi connectivity index (χ2n) is 7.11. The van der Waals surface area contributed by atoms with Crippen molar-refractivity contribution >= 4 is 16.0 Å². The van der Waals surface area contributed by atoms with Crippen molar-refractivity contribution in [3.63, 3.8) is 0 Å². The fraction of sp³-hybridized carbons (Fsp3) is 0.409. The van der Waals surface area contributed by atoms with Gasteiger partial charge in [0.2, 0.25) is 10.0 Å². The molecule has 0 saturated carbocycles. The number of guanidine groups is 1. The van der Waals surface area contributed by atoms with E-state index in [2.05, 4.69) is 26.4 Å². The minimum atomic E-state index is -3.58. The molecular weight excluding hydrogens is 416 g/mol. The van der Waals surface area contributed by atoms with Gasteiger partial charge in [0, 0.05) is 32.2 Å². The molecule has 1 aliphatic heterocycles. The van der Waals surface area contributed by atoms with Crippen molar-refractivity contribution in [1.82, 2.24) is 15.4 Å². The van der Waals surface area contributed by atoms with Crippen molar-refractivity contribution in [2.24, 2.45) is 4.99 Å². The number of hydrogen-bond acceptors (Lipinski definition) is 5. The van der Waals surface area contributed by atoms with Crippen molar-refractivity contribution in [3.8, 4) is 5.75 Å². The van der Waals surface area contributed by atoms with Crippen LogP contribution in [0.25, 0.3) is 0 Å². The smallest absolute Gasteiger partial charge is 0.240 e. The molecule has 0 aliphatic carbocycles. The predicted molar refractivity (Wildman–Crippen MR) is 121 cm³/mol. The Morgan fingerprint density at radius 2 is 2.06 bits per heavy atom. The van der Waals surface area contributed by atoms with Crippen LogP contribution in [0.3, 0.4) is 0 Å². The summed E-state index contributed by atoms with van der Waals surface area (Å²) in [5, 5.41) is 6.74. The average Bonchev–Trinajstić information content (AvgIpc) is 2.78. The summed E-state index contributed by atoms with van der Waals surface area (Å²) in [6.07, 6.45) is 0.836. The van der Waals surface area contributed by atoms with Crippen LogP contribution in [0, 0.1) is 0 Å². The molecular formula is C22H30N4O4S. The fourth-order valence-corrected chi connectivity index (χ4v) is 4.40. The lowest BCUT2D eigenvalue weighted by Gasteiger charge is -2.28. The summed E-state index contributed by atoms with van der Waals surface area (Å²) in [7, 11) is -2.05. The molecule has 9 heteroatoms. The van der Waals surface area contributed by atoms with Gasteiger partial charge in [0.15, 0.2) is 5.96 Å². The van der Waals surface area contributed by atoms with E-state index in [9.17, 15) is 8.42 Å². The molecule has 0 fully saturated rings. The quantitative estimate of drug-likeness (QED) is 0.310. The van der Waals surface area contributed by atoms with E-state index in [0.29, 0.717) is 32.3 Å². The van der Waals surface area contributed by atoms with Gasteiger partial charge in [-0.2, -0.15) is 0 Å². The van der Waals surface area contributed by atoms with Gasteiger partial charge >= 0.3 is 0 Å². The van der Waals surface area contributed by atoms with Crippen LogP contribution in [-0.4, -0.2) is 47.8 Å². The van der Waals surface area contributed by atoms with E-state index in [1.807, 2.05) is 31.2 Å². The molecule has 0 aromatic heterocycles. The standard InChI is InChI=1S/C22H30N4O4S/c1-3-23-22(26-20-11-13-30-21-10-5-4-9-19(20)21)24-16-17-7-6-8-18(15-17)31(27,28)25-12-14-29-2/h4-10,15,20,25H,3,11-14,16H2,1-2H3,(H2,23,24,26). The van der Waals surface area contributed by atoms with E-state index >= 15 is 0 Å². The van der Waals surface area contributed by atoms with Gasteiger partial charge in [-0.3, -0.25) is 0 Å². The van der Waals surface area contributed by atoms with Crippen molar-refractivity contribution in [2.45, 2.75) is 30.8 Å². The third-order valence-corrected chi connectivity index (χ3v) is 6.30. The zero-order valence-electron chi connectivity index (χ0n) is 17.9. The number of benzene rings is 2. The normalized spacial score (nSPS) is 16.3. The van der Waals surface area contributed by atoms with Gasteiger partial charge in [-0.05, 0) is 30.7 Å². The summed E-state index contributed by atoms with van der Waals surface area (Å²) in [4.78, 5) is 4.88. The number of nitrogens with one attached hydrogen (secondary N) is 3. The summed E-state index contributed by atoms with van der Waals surface area (Å²) >= 11 is 0. The largest absolute Gasteiger partial charge is 0.493 e. The minimum Gasteiger partial charge on any atom is -0.493 e. The number of ether oxygens (including phenoxy) is 2. The van der Waals surface area contributed by atoms with Gasteiger partial charge in [-0.25, -0.2) is 18.1 Å². The van der Waals surface area contributed by atoms with E-state index in [-0.39, 0.29) is 17.5 Å². The summed E-state index contributed by atoms with van der Waals surface area (Å²) < 4.78 is 38.0. The van der Waals surface area contributed by atoms with E-state index in [1.54, 1.807) is 18.2 Å². The number of methoxy groups -OCH3 is 1. The number of para-hydroxylation sites is 1. The van der Waals surface area contributed by atoms with Crippen LogP contribution in [0.5, 0.6) is 5.75 Å². The maximum absolute atomic E-state index is 12.4. The fourth-order valence-electron chi connectivity index (χ4n) is 3.32. The third kappa shape index (κ3) is 6.43. The molecule has 168 valence electrons. The van der Waals surface area contributed by atoms with Crippen LogP contribution in [0.2, 0.25) is 0 Å². The summed E-state index contributed by atoms with van der Waals surface area (Å²) in [6, 6.07) is 14.9. The third-order valence-electron chi connectivity index (χ3n) is 4.84. The lowest BCUT2D eigenvalue weighted by atomic mass is 10.0. The van der Waals surface area contributed by atoms with Gasteiger partial charge in [0.25, 0.3) is 0 Å². The van der Waals surface area contributed by atoms with Crippen LogP contribution < -0.4 is 20.1 Å². The Morgan fingerprint density at radius 1 is 1.23 bits per heavy atom. The molecule has 1 unspecified atom stereocenters. The zero-order valence-corrected chi connectivity index (χ0v) is 18.7. The predicted octanol–water partition coefficient (Wildman–Crippen LogP) is 2.19. The average molecular weight is 447 g/mol. The van der Waals surface area contributed by atoms with Gasteiger partial charge in [-0.1, -0.05) is 30.3 Å². The second-order valence-corrected chi connectivity index (χ2v) is 8.87. The van der Waals surface area contributed by atoms with Gasteiger partial charge < -0.3 is 20.1 Å². The summed E-state index contributed by atoms with van der Waals surface area (Å²) in [6.45, 7) is 4.26. The molecule has 0 spiro atoms. The number of aliphatic imine (C=N–C) groups is 1. The van der Waals surface area contributed by atoms with Crippen molar-refractivity contribution < 1.29 is 17.9 Å². The molecule has 31 heavy (non-hydrogen) atoms. The molecule has 2 aromatic rings. The highest BCUT2D eigenvalue weighted by Gasteiger charge is 2.21. The van der Waals surface area contributed by atoms with Crippen molar-refractivity contribution in [3.05, 3.63) is 59.7 Å². The topological polar surface area (TPSA) is 101 Å². The Hall–Kier alpha value is -2.62. The number of rotatable bonds is 9. The number of fused-ring (bicyclic) bond motifs is 1. The Bertz CT molecular complexity index is 995. The first-order valence-corrected chi connectivity index (χ1v) is 11.9. The number of sulfonamides is 1. The molecule has 2 aromatic carbocycles. The molecule has 0 bridgehead atoms. The Morgan fingerprint density at radius 3 is 2.87 bits per heavy atom. The summed E-state index contributed by atoms with van der Waals surface area (Å²) in [5.74, 6) is 1.57. The highest BCUT2D eigenvalue weighted by Crippen LogP contribution is 2.31. The molecule has 0 radical (unpaired) electrons. The van der Waals surface area contributed by atoms with Crippen LogP contribution in [0.15, 0.2) is 58.4 Å². The van der Waals surface area contributed by atoms with Crippen molar-refractivity contribution in [2.75, 3.05) is 33.4 Å². The second kappa shape index (κ2) is 11.1. The highest BCUT2D eigenvalue weighted by molar-refractivity contribution is 7.89. The van der Waals surface area contributed by atoms with Gasteiger partial charge in [0.1, 0.15) is 5.75 Å². The SMILES string of the molecule is CCNC(=NCc1cccc(S(=O)(=O)NCCOC)c1)NC1CCOc2ccccc21. The first-order valence-electron chi connectivity index (χ1n) is 10.4. The Balaban J connectivity index is 1.71. The van der Waals surface area contributed by atoms with E-state index in [4.69, 9.17) is 9.47 Å². The maximum atomic E-state index is 12.4. The molecule has 0 saturated heterocycles. The van der Waals surface area contributed by atoms with Gasteiger partial charge in [0.05, 0.1) is 30.7 Å².